The number of pyridine rings is 1. The summed E-state index contributed by atoms with van der Waals surface area (Å²) in [6.45, 7) is 0. The molecule has 178 valence electrons. The van der Waals surface area contributed by atoms with Crippen LogP contribution in [0.5, 0.6) is 5.88 Å². The number of imidazole rings is 1. The molecular weight excluding hydrogens is 459 g/mol. The van der Waals surface area contributed by atoms with Crippen molar-refractivity contribution < 1.29 is 18.3 Å². The van der Waals surface area contributed by atoms with Gasteiger partial charge in [-0.15, -0.1) is 0 Å². The van der Waals surface area contributed by atoms with Gasteiger partial charge in [0.2, 0.25) is 11.8 Å². The summed E-state index contributed by atoms with van der Waals surface area (Å²) in [5, 5.41) is 15.6. The van der Waals surface area contributed by atoms with Crippen LogP contribution in [0.25, 0.3) is 28.2 Å². The molecule has 0 bridgehead atoms. The van der Waals surface area contributed by atoms with Crippen LogP contribution in [0.3, 0.4) is 0 Å². The second-order valence-corrected chi connectivity index (χ2v) is 8.16. The number of H-pyrrole nitrogens is 1. The van der Waals surface area contributed by atoms with Crippen LogP contribution in [0.15, 0.2) is 71.7 Å². The zero-order chi connectivity index (χ0) is 24.7. The third-order valence-electron chi connectivity index (χ3n) is 5.87. The molecule has 0 aliphatic rings. The molecule has 2 aromatic carbocycles. The Morgan fingerprint density at radius 2 is 1.74 bits per heavy atom. The van der Waals surface area contributed by atoms with Gasteiger partial charge in [0.15, 0.2) is 0 Å². The predicted molar refractivity (Wildman–Crippen MR) is 124 cm³/mol. The maximum atomic E-state index is 13.1. The topological polar surface area (TPSA) is 88.7 Å². The SMILES string of the molecule is Cn1cccc(CCc2c(-c3ccc(C(F)(F)F)cc3)nn(-c3nc4ccccc4[nH]3)c2O)c1=O. The van der Waals surface area contributed by atoms with Gasteiger partial charge in [0, 0.05) is 29.9 Å². The quantitative estimate of drug-likeness (QED) is 0.385. The zero-order valence-corrected chi connectivity index (χ0v) is 18.5. The first-order chi connectivity index (χ1) is 16.7. The number of para-hydroxylation sites is 2. The van der Waals surface area contributed by atoms with Gasteiger partial charge in [-0.2, -0.15) is 23.0 Å². The molecule has 3 aromatic heterocycles. The van der Waals surface area contributed by atoms with E-state index in [1.165, 1.54) is 21.4 Å². The zero-order valence-electron chi connectivity index (χ0n) is 18.5. The maximum absolute atomic E-state index is 13.1. The van der Waals surface area contributed by atoms with E-state index >= 15 is 0 Å². The first kappa shape index (κ1) is 22.5. The number of nitrogens with one attached hydrogen (secondary N) is 1. The number of fused-ring (bicyclic) bond motifs is 1. The standard InChI is InChI=1S/C25H20F3N5O2/c1-32-14-4-5-16(22(32)34)10-13-18-21(15-8-11-17(12-9-15)25(26,27)28)31-33(23(18)35)24-29-19-6-2-3-7-20(19)30-24/h2-9,11-12,14,35H,10,13H2,1H3,(H,29,30). The van der Waals surface area contributed by atoms with Crippen LogP contribution >= 0.6 is 0 Å². The Morgan fingerprint density at radius 1 is 1.00 bits per heavy atom. The number of hydrogen-bond acceptors (Lipinski definition) is 4. The van der Waals surface area contributed by atoms with Crippen molar-refractivity contribution in [2.24, 2.45) is 7.05 Å². The molecule has 0 aliphatic heterocycles. The molecule has 0 fully saturated rings. The first-order valence-electron chi connectivity index (χ1n) is 10.8. The van der Waals surface area contributed by atoms with Crippen molar-refractivity contribution in [3.8, 4) is 23.1 Å². The monoisotopic (exact) mass is 479 g/mol. The lowest BCUT2D eigenvalue weighted by Gasteiger charge is -2.08. The Kier molecular flexibility index (Phi) is 5.43. The molecule has 0 radical (unpaired) electrons. The second-order valence-electron chi connectivity index (χ2n) is 8.16. The van der Waals surface area contributed by atoms with Crippen LogP contribution in [-0.2, 0) is 26.1 Å². The molecule has 0 atom stereocenters. The van der Waals surface area contributed by atoms with Gasteiger partial charge >= 0.3 is 6.18 Å². The molecule has 0 aliphatic carbocycles. The van der Waals surface area contributed by atoms with Gasteiger partial charge in [0.25, 0.3) is 5.56 Å². The van der Waals surface area contributed by atoms with Crippen molar-refractivity contribution in [3.63, 3.8) is 0 Å². The van der Waals surface area contributed by atoms with E-state index in [-0.39, 0.29) is 23.8 Å². The summed E-state index contributed by atoms with van der Waals surface area (Å²) in [7, 11) is 1.65. The lowest BCUT2D eigenvalue weighted by molar-refractivity contribution is -0.137. The van der Waals surface area contributed by atoms with Gasteiger partial charge in [-0.3, -0.25) is 4.79 Å². The molecule has 2 N–H and O–H groups in total. The summed E-state index contributed by atoms with van der Waals surface area (Å²) >= 11 is 0. The molecule has 0 unspecified atom stereocenters. The van der Waals surface area contributed by atoms with E-state index in [9.17, 15) is 23.1 Å². The third kappa shape index (κ3) is 4.18. The average Bonchev–Trinajstić information content (AvgIpc) is 3.40. The highest BCUT2D eigenvalue weighted by molar-refractivity contribution is 5.76. The van der Waals surface area contributed by atoms with Crippen LogP contribution in [0.4, 0.5) is 13.2 Å². The summed E-state index contributed by atoms with van der Waals surface area (Å²) in [5.74, 6) is 0.0606. The Morgan fingerprint density at radius 3 is 2.46 bits per heavy atom. The maximum Gasteiger partial charge on any atom is 0.416 e. The Hall–Kier alpha value is -4.34. The molecule has 3 heterocycles. The minimum Gasteiger partial charge on any atom is -0.493 e. The minimum absolute atomic E-state index is 0.159. The highest BCUT2D eigenvalue weighted by atomic mass is 19.4. The summed E-state index contributed by atoms with van der Waals surface area (Å²) < 4.78 is 41.9. The third-order valence-corrected chi connectivity index (χ3v) is 5.87. The van der Waals surface area contributed by atoms with Gasteiger partial charge < -0.3 is 14.7 Å². The molecule has 7 nitrogen and oxygen atoms in total. The molecular formula is C25H20F3N5O2. The van der Waals surface area contributed by atoms with Crippen molar-refractivity contribution in [3.05, 3.63) is 93.9 Å². The van der Waals surface area contributed by atoms with E-state index in [0.717, 1.165) is 17.6 Å². The summed E-state index contributed by atoms with van der Waals surface area (Å²) in [5.41, 5.74) is 2.12. The molecule has 35 heavy (non-hydrogen) atoms. The highest BCUT2D eigenvalue weighted by Gasteiger charge is 2.30. The molecule has 0 saturated carbocycles. The highest BCUT2D eigenvalue weighted by Crippen LogP contribution is 2.35. The average molecular weight is 479 g/mol. The van der Waals surface area contributed by atoms with Crippen LogP contribution in [0.2, 0.25) is 0 Å². The van der Waals surface area contributed by atoms with Gasteiger partial charge in [-0.1, -0.05) is 30.3 Å². The molecule has 0 saturated heterocycles. The summed E-state index contributed by atoms with van der Waals surface area (Å²) in [6.07, 6.45) is -2.27. The Bertz CT molecular complexity index is 1550. The number of aromatic amines is 1. The lowest BCUT2D eigenvalue weighted by Crippen LogP contribution is -2.20. The first-order valence-corrected chi connectivity index (χ1v) is 10.8. The smallest absolute Gasteiger partial charge is 0.416 e. The van der Waals surface area contributed by atoms with Crippen molar-refractivity contribution in [2.45, 2.75) is 19.0 Å². The van der Waals surface area contributed by atoms with E-state index in [0.29, 0.717) is 34.3 Å². The number of halogens is 3. The molecule has 10 heteroatoms. The fraction of sp³-hybridized carbons (Fsp3) is 0.160. The number of aromatic hydroxyl groups is 1. The number of benzene rings is 2. The number of nitrogens with zero attached hydrogens (tertiary/aromatic N) is 4. The minimum atomic E-state index is -4.47. The van der Waals surface area contributed by atoms with Crippen molar-refractivity contribution >= 4 is 11.0 Å². The van der Waals surface area contributed by atoms with Crippen molar-refractivity contribution in [1.82, 2.24) is 24.3 Å². The number of rotatable bonds is 5. The van der Waals surface area contributed by atoms with E-state index < -0.39 is 11.7 Å². The van der Waals surface area contributed by atoms with Crippen molar-refractivity contribution in [1.29, 1.82) is 0 Å². The van der Waals surface area contributed by atoms with Crippen LogP contribution < -0.4 is 5.56 Å². The lowest BCUT2D eigenvalue weighted by atomic mass is 10.0. The van der Waals surface area contributed by atoms with Gasteiger partial charge in [-0.25, -0.2) is 4.98 Å². The van der Waals surface area contributed by atoms with E-state index in [1.807, 2.05) is 18.2 Å². The predicted octanol–water partition coefficient (Wildman–Crippen LogP) is 4.62. The molecule has 5 rings (SSSR count). The molecule has 0 amide bonds. The van der Waals surface area contributed by atoms with Crippen LogP contribution in [0.1, 0.15) is 16.7 Å². The van der Waals surface area contributed by atoms with Crippen LogP contribution in [0, 0.1) is 0 Å². The summed E-state index contributed by atoms with van der Waals surface area (Å²) in [4.78, 5) is 20.0. The fourth-order valence-electron chi connectivity index (χ4n) is 4.01. The van der Waals surface area contributed by atoms with Gasteiger partial charge in [-0.05, 0) is 43.2 Å². The molecule has 5 aromatic rings. The number of aryl methyl sites for hydroxylation is 2. The molecule has 0 spiro atoms. The number of hydrogen-bond donors (Lipinski definition) is 2. The largest absolute Gasteiger partial charge is 0.493 e. The Balaban J connectivity index is 1.60. The van der Waals surface area contributed by atoms with Gasteiger partial charge in [0.1, 0.15) is 5.69 Å². The number of aromatic nitrogens is 5. The van der Waals surface area contributed by atoms with Crippen molar-refractivity contribution in [2.75, 3.05) is 0 Å². The normalized spacial score (nSPS) is 11.9. The van der Waals surface area contributed by atoms with Crippen LogP contribution in [-0.4, -0.2) is 29.4 Å². The van der Waals surface area contributed by atoms with Gasteiger partial charge in [0.05, 0.1) is 16.6 Å². The summed E-state index contributed by atoms with van der Waals surface area (Å²) in [6, 6.07) is 15.4. The van der Waals surface area contributed by atoms with E-state index in [1.54, 1.807) is 31.4 Å². The van der Waals surface area contributed by atoms with E-state index in [2.05, 4.69) is 15.1 Å². The van der Waals surface area contributed by atoms with E-state index in [4.69, 9.17) is 0 Å². The second kappa shape index (κ2) is 8.46. The number of alkyl halides is 3. The Labute approximate surface area is 197 Å². The fourth-order valence-corrected chi connectivity index (χ4v) is 4.01.